The van der Waals surface area contributed by atoms with E-state index >= 15 is 0 Å². The lowest BCUT2D eigenvalue weighted by Gasteiger charge is -2.22. The molecule has 0 aliphatic carbocycles. The summed E-state index contributed by atoms with van der Waals surface area (Å²) < 4.78 is 11.1. The van der Waals surface area contributed by atoms with Gasteiger partial charge >= 0.3 is 0 Å². The molecule has 15 heavy (non-hydrogen) atoms. The second kappa shape index (κ2) is 5.72. The second-order valence-corrected chi connectivity index (χ2v) is 6.43. The van der Waals surface area contributed by atoms with Gasteiger partial charge in [0.05, 0.1) is 5.01 Å². The molecule has 0 bridgehead atoms. The van der Waals surface area contributed by atoms with Crippen LogP contribution in [0.4, 0.5) is 0 Å². The molecule has 1 aromatic rings. The van der Waals surface area contributed by atoms with Crippen molar-refractivity contribution in [3.05, 3.63) is 16.6 Å². The van der Waals surface area contributed by atoms with Crippen LogP contribution in [0, 0.1) is 0 Å². The maximum absolute atomic E-state index is 11.1. The van der Waals surface area contributed by atoms with Crippen molar-refractivity contribution in [2.24, 2.45) is 0 Å². The molecule has 0 radical (unpaired) electrons. The van der Waals surface area contributed by atoms with Crippen LogP contribution >= 0.6 is 11.3 Å². The van der Waals surface area contributed by atoms with E-state index in [-0.39, 0.29) is 0 Å². The van der Waals surface area contributed by atoms with Crippen molar-refractivity contribution in [2.45, 2.75) is 25.3 Å². The van der Waals surface area contributed by atoms with Crippen molar-refractivity contribution < 1.29 is 4.21 Å². The predicted molar refractivity (Wildman–Crippen MR) is 64.7 cm³/mol. The highest BCUT2D eigenvalue weighted by molar-refractivity contribution is 7.85. The van der Waals surface area contributed by atoms with Gasteiger partial charge in [-0.05, 0) is 12.8 Å². The molecule has 0 atom stereocenters. The van der Waals surface area contributed by atoms with Crippen LogP contribution in [-0.4, -0.2) is 33.3 Å². The summed E-state index contributed by atoms with van der Waals surface area (Å²) in [6.07, 6.45) is 4.98. The quantitative estimate of drug-likeness (QED) is 0.865. The fraction of sp³-hybridized carbons (Fsp3) is 0.700. The molecule has 1 aliphatic rings. The van der Waals surface area contributed by atoms with Crippen LogP contribution in [-0.2, 0) is 17.2 Å². The molecular weight excluding hydrogens is 228 g/mol. The van der Waals surface area contributed by atoms with Gasteiger partial charge in [0.2, 0.25) is 0 Å². The van der Waals surface area contributed by atoms with Gasteiger partial charge in [0.15, 0.2) is 0 Å². The molecule has 0 spiro atoms. The lowest BCUT2D eigenvalue weighted by molar-refractivity contribution is 0.479. The van der Waals surface area contributed by atoms with Crippen LogP contribution in [0.2, 0.25) is 0 Å². The van der Waals surface area contributed by atoms with Crippen molar-refractivity contribution in [1.29, 1.82) is 0 Å². The fourth-order valence-corrected chi connectivity index (χ4v) is 3.68. The number of nitrogens with zero attached hydrogens (tertiary/aromatic N) is 1. The van der Waals surface area contributed by atoms with Crippen LogP contribution in [0.5, 0.6) is 0 Å². The summed E-state index contributed by atoms with van der Waals surface area (Å²) in [5.74, 6) is 1.74. The molecule has 0 unspecified atom stereocenters. The summed E-state index contributed by atoms with van der Waals surface area (Å²) in [4.78, 5) is 4.24. The highest BCUT2D eigenvalue weighted by atomic mass is 32.2. The molecule has 1 N–H and O–H groups in total. The number of hydrogen-bond donors (Lipinski definition) is 1. The van der Waals surface area contributed by atoms with E-state index < -0.39 is 10.8 Å². The van der Waals surface area contributed by atoms with Crippen molar-refractivity contribution in [3.63, 3.8) is 0 Å². The van der Waals surface area contributed by atoms with E-state index in [1.165, 1.54) is 5.01 Å². The van der Waals surface area contributed by atoms with Gasteiger partial charge in [0, 0.05) is 52.9 Å². The SMILES string of the molecule is O=S1CCC(NCCc2nccs2)CC1. The number of thiazole rings is 1. The Morgan fingerprint density at radius 3 is 3.00 bits per heavy atom. The highest BCUT2D eigenvalue weighted by Crippen LogP contribution is 2.09. The zero-order chi connectivity index (χ0) is 10.5. The Morgan fingerprint density at radius 1 is 1.53 bits per heavy atom. The highest BCUT2D eigenvalue weighted by Gasteiger charge is 2.16. The maximum atomic E-state index is 11.1. The molecule has 2 heterocycles. The Bertz CT molecular complexity index is 303. The summed E-state index contributed by atoms with van der Waals surface area (Å²) in [7, 11) is -0.546. The minimum absolute atomic E-state index is 0.546. The normalized spacial score (nSPS) is 26.7. The average molecular weight is 244 g/mol. The van der Waals surface area contributed by atoms with Gasteiger partial charge in [0.1, 0.15) is 0 Å². The second-order valence-electron chi connectivity index (χ2n) is 3.75. The number of aromatic nitrogens is 1. The van der Waals surface area contributed by atoms with Crippen molar-refractivity contribution in [3.8, 4) is 0 Å². The van der Waals surface area contributed by atoms with Crippen LogP contribution in [0.1, 0.15) is 17.8 Å². The largest absolute Gasteiger partial charge is 0.313 e. The van der Waals surface area contributed by atoms with Crippen molar-refractivity contribution in [1.82, 2.24) is 10.3 Å². The van der Waals surface area contributed by atoms with Gasteiger partial charge < -0.3 is 5.32 Å². The summed E-state index contributed by atoms with van der Waals surface area (Å²) in [6, 6.07) is 0.572. The first kappa shape index (κ1) is 11.2. The number of hydrogen-bond acceptors (Lipinski definition) is 4. The molecule has 3 nitrogen and oxygen atoms in total. The predicted octanol–water partition coefficient (Wildman–Crippen LogP) is 1.19. The van der Waals surface area contributed by atoms with E-state index in [4.69, 9.17) is 0 Å². The lowest BCUT2D eigenvalue weighted by Crippen LogP contribution is -2.36. The minimum Gasteiger partial charge on any atom is -0.313 e. The van der Waals surface area contributed by atoms with Crippen LogP contribution in [0.25, 0.3) is 0 Å². The van der Waals surface area contributed by atoms with Crippen LogP contribution in [0.15, 0.2) is 11.6 Å². The summed E-state index contributed by atoms with van der Waals surface area (Å²) in [6.45, 7) is 0.991. The Balaban J connectivity index is 1.64. The average Bonchev–Trinajstić information content (AvgIpc) is 2.74. The maximum Gasteiger partial charge on any atom is 0.0937 e. The van der Waals surface area contributed by atoms with E-state index in [0.717, 1.165) is 37.3 Å². The Morgan fingerprint density at radius 2 is 2.33 bits per heavy atom. The zero-order valence-corrected chi connectivity index (χ0v) is 10.3. The molecule has 1 saturated heterocycles. The third-order valence-electron chi connectivity index (χ3n) is 2.64. The topological polar surface area (TPSA) is 42.0 Å². The number of nitrogens with one attached hydrogen (secondary N) is 1. The van der Waals surface area contributed by atoms with Crippen LogP contribution in [0.3, 0.4) is 0 Å². The molecule has 5 heteroatoms. The zero-order valence-electron chi connectivity index (χ0n) is 8.65. The van der Waals surface area contributed by atoms with Gasteiger partial charge in [-0.1, -0.05) is 0 Å². The lowest BCUT2D eigenvalue weighted by atomic mass is 10.1. The smallest absolute Gasteiger partial charge is 0.0937 e. The Kier molecular flexibility index (Phi) is 4.29. The van der Waals surface area contributed by atoms with E-state index in [2.05, 4.69) is 10.3 Å². The molecule has 0 aromatic carbocycles. The molecule has 0 amide bonds. The Hall–Kier alpha value is -0.260. The summed E-state index contributed by atoms with van der Waals surface area (Å²) in [5.41, 5.74) is 0. The minimum atomic E-state index is -0.546. The van der Waals surface area contributed by atoms with Gasteiger partial charge in [-0.25, -0.2) is 4.98 Å². The van der Waals surface area contributed by atoms with Gasteiger partial charge in [0.25, 0.3) is 0 Å². The molecule has 1 aromatic heterocycles. The fourth-order valence-electron chi connectivity index (χ4n) is 1.76. The number of rotatable bonds is 4. The van der Waals surface area contributed by atoms with Gasteiger partial charge in [-0.2, -0.15) is 0 Å². The van der Waals surface area contributed by atoms with Crippen molar-refractivity contribution in [2.75, 3.05) is 18.1 Å². The van der Waals surface area contributed by atoms with E-state index in [1.807, 2.05) is 11.6 Å². The molecule has 2 rings (SSSR count). The molecule has 1 fully saturated rings. The summed E-state index contributed by atoms with van der Waals surface area (Å²) >= 11 is 1.71. The third kappa shape index (κ3) is 3.66. The standard InChI is InChI=1S/C10H16N2OS2/c13-15-7-2-9(3-8-15)11-4-1-10-12-5-6-14-10/h5-6,9,11H,1-4,7-8H2. The molecule has 84 valence electrons. The first-order chi connectivity index (χ1) is 7.34. The van der Waals surface area contributed by atoms with Gasteiger partial charge in [-0.3, -0.25) is 4.21 Å². The van der Waals surface area contributed by atoms with E-state index in [0.29, 0.717) is 6.04 Å². The van der Waals surface area contributed by atoms with Crippen molar-refractivity contribution >= 4 is 22.1 Å². The monoisotopic (exact) mass is 244 g/mol. The summed E-state index contributed by atoms with van der Waals surface area (Å²) in [5, 5.41) is 6.72. The molecule has 0 saturated carbocycles. The third-order valence-corrected chi connectivity index (χ3v) is 4.86. The van der Waals surface area contributed by atoms with E-state index in [1.54, 1.807) is 11.3 Å². The van der Waals surface area contributed by atoms with Crippen LogP contribution < -0.4 is 5.32 Å². The first-order valence-electron chi connectivity index (χ1n) is 5.31. The Labute approximate surface area is 96.8 Å². The first-order valence-corrected chi connectivity index (χ1v) is 7.68. The molecular formula is C10H16N2OS2. The molecule has 1 aliphatic heterocycles. The van der Waals surface area contributed by atoms with E-state index in [9.17, 15) is 4.21 Å². The van der Waals surface area contributed by atoms with Gasteiger partial charge in [-0.15, -0.1) is 11.3 Å².